The lowest BCUT2D eigenvalue weighted by molar-refractivity contribution is 0.372. The first-order valence-corrected chi connectivity index (χ1v) is 8.39. The van der Waals surface area contributed by atoms with Crippen LogP contribution >= 0.6 is 11.6 Å². The summed E-state index contributed by atoms with van der Waals surface area (Å²) in [5.74, 6) is 1.05. The minimum Gasteiger partial charge on any atom is -0.334 e. The Morgan fingerprint density at radius 2 is 1.92 bits per heavy atom. The van der Waals surface area contributed by atoms with Gasteiger partial charge in [-0.15, -0.1) is 0 Å². The molecule has 6 nitrogen and oxygen atoms in total. The maximum absolute atomic E-state index is 6.40. The fourth-order valence-corrected chi connectivity index (χ4v) is 3.35. The number of nitrogens with two attached hydrogens (primary N) is 1. The van der Waals surface area contributed by atoms with Crippen LogP contribution in [0, 0.1) is 6.92 Å². The first-order valence-electron chi connectivity index (χ1n) is 8.01. The van der Waals surface area contributed by atoms with Crippen LogP contribution in [0.5, 0.6) is 0 Å². The van der Waals surface area contributed by atoms with E-state index in [2.05, 4.69) is 15.2 Å². The molecule has 0 atom stereocenters. The van der Waals surface area contributed by atoms with Gasteiger partial charge in [0.1, 0.15) is 0 Å². The number of hydrogen-bond acceptors (Lipinski definition) is 5. The molecule has 0 amide bonds. The van der Waals surface area contributed by atoms with Crippen LogP contribution in [0.1, 0.15) is 37.2 Å². The van der Waals surface area contributed by atoms with Gasteiger partial charge in [-0.05, 0) is 44.0 Å². The Morgan fingerprint density at radius 1 is 1.21 bits per heavy atom. The molecule has 7 heteroatoms. The fraction of sp³-hybridized carbons (Fsp3) is 0.353. The maximum atomic E-state index is 6.40. The molecule has 0 aliphatic heterocycles. The van der Waals surface area contributed by atoms with Gasteiger partial charge in [-0.1, -0.05) is 29.6 Å². The molecule has 1 aromatic carbocycles. The predicted octanol–water partition coefficient (Wildman–Crippen LogP) is 3.61. The van der Waals surface area contributed by atoms with Crippen LogP contribution in [-0.2, 0) is 5.54 Å². The van der Waals surface area contributed by atoms with Gasteiger partial charge in [-0.2, -0.15) is 10.1 Å². The molecule has 2 heterocycles. The summed E-state index contributed by atoms with van der Waals surface area (Å²) >= 11 is 5.94. The van der Waals surface area contributed by atoms with E-state index in [4.69, 9.17) is 21.9 Å². The van der Waals surface area contributed by atoms with E-state index in [9.17, 15) is 0 Å². The molecule has 0 saturated heterocycles. The zero-order chi connectivity index (χ0) is 16.7. The van der Waals surface area contributed by atoms with Crippen LogP contribution in [-0.4, -0.2) is 19.9 Å². The largest absolute Gasteiger partial charge is 0.334 e. The molecule has 0 unspecified atom stereocenters. The summed E-state index contributed by atoms with van der Waals surface area (Å²) in [7, 11) is 0. The molecular formula is C17H18ClN5O. The van der Waals surface area contributed by atoms with Crippen LogP contribution in [0.3, 0.4) is 0 Å². The number of halogens is 1. The van der Waals surface area contributed by atoms with Crippen molar-refractivity contribution in [3.63, 3.8) is 0 Å². The summed E-state index contributed by atoms with van der Waals surface area (Å²) in [6.45, 7) is 1.97. The Hall–Kier alpha value is -2.18. The highest BCUT2D eigenvalue weighted by atomic mass is 35.5. The van der Waals surface area contributed by atoms with Gasteiger partial charge in [0, 0.05) is 5.02 Å². The quantitative estimate of drug-likeness (QED) is 0.785. The highest BCUT2D eigenvalue weighted by molar-refractivity contribution is 6.30. The van der Waals surface area contributed by atoms with E-state index in [1.807, 2.05) is 35.9 Å². The summed E-state index contributed by atoms with van der Waals surface area (Å²) in [5, 5.41) is 9.24. The first kappa shape index (κ1) is 15.4. The summed E-state index contributed by atoms with van der Waals surface area (Å²) in [4.78, 5) is 4.54. The highest BCUT2D eigenvalue weighted by Gasteiger charge is 2.36. The Balaban J connectivity index is 1.68. The number of hydrogen-bond donors (Lipinski definition) is 1. The van der Waals surface area contributed by atoms with E-state index >= 15 is 0 Å². The molecule has 4 rings (SSSR count). The van der Waals surface area contributed by atoms with Crippen molar-refractivity contribution in [2.24, 2.45) is 5.73 Å². The molecule has 2 N–H and O–H groups in total. The Bertz CT molecular complexity index is 861. The van der Waals surface area contributed by atoms with Crippen molar-refractivity contribution in [2.45, 2.75) is 38.1 Å². The smallest absolute Gasteiger partial charge is 0.261 e. The zero-order valence-corrected chi connectivity index (χ0v) is 14.1. The van der Waals surface area contributed by atoms with E-state index in [0.717, 1.165) is 42.6 Å². The van der Waals surface area contributed by atoms with Gasteiger partial charge in [0.2, 0.25) is 0 Å². The topological polar surface area (TPSA) is 82.8 Å². The van der Waals surface area contributed by atoms with E-state index in [1.165, 1.54) is 0 Å². The summed E-state index contributed by atoms with van der Waals surface area (Å²) in [5.41, 5.74) is 8.60. The maximum Gasteiger partial charge on any atom is 0.261 e. The Labute approximate surface area is 144 Å². The molecule has 0 radical (unpaired) electrons. The van der Waals surface area contributed by atoms with Crippen molar-refractivity contribution in [1.29, 1.82) is 0 Å². The molecule has 124 valence electrons. The van der Waals surface area contributed by atoms with Crippen molar-refractivity contribution in [3.05, 3.63) is 47.0 Å². The second-order valence-electron chi connectivity index (χ2n) is 6.32. The standard InChI is InChI=1S/C17H18ClN5O/c1-11-14(10-20-23(11)13-6-4-12(18)5-7-13)15-21-16(22-24-15)17(19)8-2-3-9-17/h4-7,10H,2-3,8-9,19H2,1H3. The van der Waals surface area contributed by atoms with Gasteiger partial charge in [-0.3, -0.25) is 0 Å². The van der Waals surface area contributed by atoms with Crippen LogP contribution in [0.15, 0.2) is 35.0 Å². The average Bonchev–Trinajstić information content (AvgIpc) is 3.28. The van der Waals surface area contributed by atoms with Crippen molar-refractivity contribution in [1.82, 2.24) is 19.9 Å². The molecule has 3 aromatic rings. The van der Waals surface area contributed by atoms with Gasteiger partial charge in [-0.25, -0.2) is 4.68 Å². The third-order valence-electron chi connectivity index (χ3n) is 4.68. The van der Waals surface area contributed by atoms with E-state index in [1.54, 1.807) is 6.20 Å². The van der Waals surface area contributed by atoms with Crippen LogP contribution in [0.25, 0.3) is 17.1 Å². The molecular weight excluding hydrogens is 326 g/mol. The number of nitrogens with zero attached hydrogens (tertiary/aromatic N) is 4. The lowest BCUT2D eigenvalue weighted by atomic mass is 9.99. The van der Waals surface area contributed by atoms with Crippen LogP contribution < -0.4 is 5.73 Å². The monoisotopic (exact) mass is 343 g/mol. The van der Waals surface area contributed by atoms with Crippen molar-refractivity contribution in [2.75, 3.05) is 0 Å². The third-order valence-corrected chi connectivity index (χ3v) is 4.93. The van der Waals surface area contributed by atoms with Crippen LogP contribution in [0.4, 0.5) is 0 Å². The summed E-state index contributed by atoms with van der Waals surface area (Å²) < 4.78 is 7.28. The number of aromatic nitrogens is 4. The van der Waals surface area contributed by atoms with Gasteiger partial charge >= 0.3 is 0 Å². The van der Waals surface area contributed by atoms with Gasteiger partial charge in [0.25, 0.3) is 5.89 Å². The molecule has 0 spiro atoms. The lowest BCUT2D eigenvalue weighted by Crippen LogP contribution is -2.34. The predicted molar refractivity (Wildman–Crippen MR) is 90.9 cm³/mol. The fourth-order valence-electron chi connectivity index (χ4n) is 3.23. The van der Waals surface area contributed by atoms with Gasteiger partial charge < -0.3 is 10.3 Å². The minimum absolute atomic E-state index is 0.457. The van der Waals surface area contributed by atoms with Crippen LogP contribution in [0.2, 0.25) is 5.02 Å². The Kier molecular flexibility index (Phi) is 3.66. The average molecular weight is 344 g/mol. The second-order valence-corrected chi connectivity index (χ2v) is 6.75. The SMILES string of the molecule is Cc1c(-c2nc(C3(N)CCCC3)no2)cnn1-c1ccc(Cl)cc1. The Morgan fingerprint density at radius 3 is 2.62 bits per heavy atom. The summed E-state index contributed by atoms with van der Waals surface area (Å²) in [6, 6.07) is 7.50. The molecule has 24 heavy (non-hydrogen) atoms. The summed E-state index contributed by atoms with van der Waals surface area (Å²) in [6.07, 6.45) is 5.74. The van der Waals surface area contributed by atoms with Crippen molar-refractivity contribution < 1.29 is 4.52 Å². The van der Waals surface area contributed by atoms with Crippen molar-refractivity contribution in [3.8, 4) is 17.1 Å². The lowest BCUT2D eigenvalue weighted by Gasteiger charge is -2.17. The van der Waals surface area contributed by atoms with E-state index in [0.29, 0.717) is 16.7 Å². The molecule has 1 aliphatic carbocycles. The number of rotatable bonds is 3. The highest BCUT2D eigenvalue weighted by Crippen LogP contribution is 2.35. The van der Waals surface area contributed by atoms with E-state index in [-0.39, 0.29) is 0 Å². The zero-order valence-electron chi connectivity index (χ0n) is 13.4. The number of benzene rings is 1. The van der Waals surface area contributed by atoms with Crippen molar-refractivity contribution >= 4 is 11.6 Å². The molecule has 1 aliphatic rings. The second kappa shape index (κ2) is 5.72. The third kappa shape index (κ3) is 2.52. The first-order chi connectivity index (χ1) is 11.6. The molecule has 2 aromatic heterocycles. The minimum atomic E-state index is -0.457. The molecule has 1 saturated carbocycles. The van der Waals surface area contributed by atoms with Gasteiger partial charge in [0.15, 0.2) is 5.82 Å². The van der Waals surface area contributed by atoms with Gasteiger partial charge in [0.05, 0.1) is 28.7 Å². The van der Waals surface area contributed by atoms with E-state index < -0.39 is 5.54 Å². The molecule has 1 fully saturated rings. The molecule has 0 bridgehead atoms. The normalized spacial score (nSPS) is 16.6.